The fourth-order valence-corrected chi connectivity index (χ4v) is 9.73. The number of fused-ring (bicyclic) bond motifs is 2. The Hall–Kier alpha value is -5.03. The van der Waals surface area contributed by atoms with Crippen LogP contribution in [-0.4, -0.2) is 108 Å². The summed E-state index contributed by atoms with van der Waals surface area (Å²) < 4.78 is 26.6. The number of oxime groups is 1. The third-order valence-corrected chi connectivity index (χ3v) is 12.8. The van der Waals surface area contributed by atoms with Crippen LogP contribution in [0.5, 0.6) is 17.2 Å². The van der Waals surface area contributed by atoms with Crippen molar-refractivity contribution < 1.29 is 48.8 Å². The zero-order chi connectivity index (χ0) is 44.8. The minimum Gasteiger partial charge on any atom is -0.459 e. The molecule has 3 N–H and O–H groups in total. The molecule has 3 aliphatic rings. The van der Waals surface area contributed by atoms with Crippen molar-refractivity contribution in [1.29, 1.82) is 0 Å². The molecule has 0 radical (unpaired) electrons. The summed E-state index contributed by atoms with van der Waals surface area (Å²) in [5.74, 6) is -0.738. The molecule has 0 aromatic heterocycles. The number of nitro benzene ring substituents is 1. The van der Waals surface area contributed by atoms with Gasteiger partial charge in [0.15, 0.2) is 0 Å². The molecule has 1 aliphatic heterocycles. The number of unbranched alkanes of at least 4 members (excludes halogenated alkanes) is 2. The summed E-state index contributed by atoms with van der Waals surface area (Å²) in [6.07, 6.45) is 13.6. The van der Waals surface area contributed by atoms with Gasteiger partial charge in [0.2, 0.25) is 11.7 Å². The molecule has 2 aliphatic carbocycles. The van der Waals surface area contributed by atoms with Gasteiger partial charge in [0.1, 0.15) is 30.4 Å². The maximum Gasteiger partial charge on any atom is 0.269 e. The van der Waals surface area contributed by atoms with Crippen LogP contribution in [-0.2, 0) is 19.1 Å². The molecule has 3 aromatic carbocycles. The first-order valence-electron chi connectivity index (χ1n) is 21.6. The molecule has 14 nitrogen and oxygen atoms in total. The third-order valence-electron chi connectivity index (χ3n) is 12.0. The van der Waals surface area contributed by atoms with Crippen LogP contribution < -0.4 is 9.47 Å². The van der Waals surface area contributed by atoms with Crippen molar-refractivity contribution in [3.63, 3.8) is 0 Å². The summed E-state index contributed by atoms with van der Waals surface area (Å²) >= 11 is 1.65. The summed E-state index contributed by atoms with van der Waals surface area (Å²) in [4.78, 5) is 33.9. The quantitative estimate of drug-likeness (QED) is 0.0198. The monoisotopic (exact) mass is 885 g/mol. The van der Waals surface area contributed by atoms with Crippen molar-refractivity contribution in [2.24, 2.45) is 22.9 Å². The Kier molecular flexibility index (Phi) is 17.4. The molecule has 6 atom stereocenters. The van der Waals surface area contributed by atoms with E-state index in [0.29, 0.717) is 41.4 Å². The number of ether oxygens (including phenoxy) is 4. The molecule has 0 saturated heterocycles. The molecule has 6 rings (SSSR count). The first-order chi connectivity index (χ1) is 30.7. The number of nitrogens with zero attached hydrogens (tertiary/aromatic N) is 3. The standard InChI is InChI=1S/C48H59N3O11S/c1-4-27-60-48-44(50(23-28-59-29-26-54)45(55)22-13-33-11-14-35(15-12-33)51(56)57)32-42(49-58-2)40-30-34(9-5-7-24-52)39(10-6-8-25-53)46(47(40)48)41-31-37(18-21-43(41)62-48)61-36-16-19-38(63-3)20-17-36/h4,11-22,30-31,34,39,44,46-47,52-54H,1,5-10,23-29,32H2,2-3H3. The SMILES string of the molecule is C=CCOC12Oc3ccc(Oc4ccc(SC)cc4)cc3C3C(CCCCO)C(CCCCO)C=C(C(=NOC)CC1N(CCOCCO)C(=O)C=Cc1ccc([N+](=O)[O-])cc1)C32. The van der Waals surface area contributed by atoms with E-state index in [-0.39, 0.29) is 76.0 Å². The smallest absolute Gasteiger partial charge is 0.269 e. The van der Waals surface area contributed by atoms with Crippen molar-refractivity contribution in [1.82, 2.24) is 4.90 Å². The van der Waals surface area contributed by atoms with E-state index in [1.54, 1.807) is 40.9 Å². The topological polar surface area (TPSA) is 183 Å². The molecule has 1 amide bonds. The fourth-order valence-electron chi connectivity index (χ4n) is 9.32. The summed E-state index contributed by atoms with van der Waals surface area (Å²) in [5.41, 5.74) is 2.97. The van der Waals surface area contributed by atoms with Gasteiger partial charge < -0.3 is 44.0 Å². The number of amides is 1. The lowest BCUT2D eigenvalue weighted by Gasteiger charge is -2.60. The Labute approximate surface area is 373 Å². The molecule has 3 aromatic rings. The van der Waals surface area contributed by atoms with Gasteiger partial charge in [-0.25, -0.2) is 0 Å². The number of rotatable bonds is 24. The van der Waals surface area contributed by atoms with Crippen LogP contribution in [0.4, 0.5) is 5.69 Å². The van der Waals surface area contributed by atoms with E-state index in [9.17, 15) is 30.2 Å². The Morgan fingerprint density at radius 1 is 1.00 bits per heavy atom. The van der Waals surface area contributed by atoms with E-state index in [0.717, 1.165) is 41.7 Å². The zero-order valence-electron chi connectivity index (χ0n) is 36.0. The lowest BCUT2D eigenvalue weighted by atomic mass is 9.55. The maximum absolute atomic E-state index is 14.7. The van der Waals surface area contributed by atoms with Crippen LogP contribution in [0, 0.1) is 27.9 Å². The molecular weight excluding hydrogens is 827 g/mol. The van der Waals surface area contributed by atoms with Crippen LogP contribution >= 0.6 is 11.8 Å². The van der Waals surface area contributed by atoms with Gasteiger partial charge in [0.25, 0.3) is 5.69 Å². The molecule has 63 heavy (non-hydrogen) atoms. The first-order valence-corrected chi connectivity index (χ1v) is 22.8. The van der Waals surface area contributed by atoms with Crippen molar-refractivity contribution >= 4 is 35.1 Å². The molecule has 1 saturated carbocycles. The number of benzene rings is 3. The van der Waals surface area contributed by atoms with Crippen LogP contribution in [0.2, 0.25) is 0 Å². The van der Waals surface area contributed by atoms with Crippen LogP contribution in [0.3, 0.4) is 0 Å². The third kappa shape index (κ3) is 11.2. The van der Waals surface area contributed by atoms with E-state index >= 15 is 0 Å². The van der Waals surface area contributed by atoms with Gasteiger partial charge in [0, 0.05) is 60.8 Å². The lowest BCUT2D eigenvalue weighted by molar-refractivity contribution is -0.384. The lowest BCUT2D eigenvalue weighted by Crippen LogP contribution is -2.70. The second kappa shape index (κ2) is 23.1. The van der Waals surface area contributed by atoms with E-state index < -0.39 is 28.6 Å². The van der Waals surface area contributed by atoms with Gasteiger partial charge >= 0.3 is 0 Å². The van der Waals surface area contributed by atoms with E-state index in [2.05, 4.69) is 17.8 Å². The van der Waals surface area contributed by atoms with E-state index in [1.807, 2.05) is 48.7 Å². The van der Waals surface area contributed by atoms with Gasteiger partial charge in [-0.2, -0.15) is 0 Å². The van der Waals surface area contributed by atoms with Gasteiger partial charge in [-0.3, -0.25) is 14.9 Å². The minimum atomic E-state index is -1.50. The molecule has 1 heterocycles. The van der Waals surface area contributed by atoms with Gasteiger partial charge in [-0.15, -0.1) is 18.3 Å². The number of carbonyl (C=O) groups excluding carboxylic acids is 1. The zero-order valence-corrected chi connectivity index (χ0v) is 36.8. The van der Waals surface area contributed by atoms with Crippen molar-refractivity contribution in [3.05, 3.63) is 118 Å². The van der Waals surface area contributed by atoms with Crippen LogP contribution in [0.25, 0.3) is 6.08 Å². The predicted octanol–water partition coefficient (Wildman–Crippen LogP) is 7.92. The highest BCUT2D eigenvalue weighted by Gasteiger charge is 2.65. The molecule has 0 bridgehead atoms. The molecule has 338 valence electrons. The minimum absolute atomic E-state index is 0.0103. The van der Waals surface area contributed by atoms with Crippen molar-refractivity contribution in [2.75, 3.05) is 59.6 Å². The van der Waals surface area contributed by atoms with Crippen LogP contribution in [0.15, 0.2) is 107 Å². The Morgan fingerprint density at radius 2 is 1.73 bits per heavy atom. The average Bonchev–Trinajstić information content (AvgIpc) is 3.29. The van der Waals surface area contributed by atoms with E-state index in [4.69, 9.17) is 23.8 Å². The number of allylic oxidation sites excluding steroid dienone is 1. The number of aliphatic hydroxyl groups excluding tert-OH is 3. The number of nitro groups is 1. The van der Waals surface area contributed by atoms with Crippen molar-refractivity contribution in [2.45, 2.75) is 67.6 Å². The number of non-ortho nitro benzene ring substituents is 1. The van der Waals surface area contributed by atoms with Gasteiger partial charge in [-0.05, 0) is 116 Å². The highest BCUT2D eigenvalue weighted by molar-refractivity contribution is 7.98. The summed E-state index contributed by atoms with van der Waals surface area (Å²) in [7, 11) is 1.50. The van der Waals surface area contributed by atoms with Crippen LogP contribution in [0.1, 0.15) is 62.0 Å². The summed E-state index contributed by atoms with van der Waals surface area (Å²) in [6.45, 7) is 4.28. The summed E-state index contributed by atoms with van der Waals surface area (Å²) in [6, 6.07) is 18.8. The highest BCUT2D eigenvalue weighted by Crippen LogP contribution is 2.62. The largest absolute Gasteiger partial charge is 0.459 e. The van der Waals surface area contributed by atoms with E-state index in [1.165, 1.54) is 25.3 Å². The molecule has 15 heteroatoms. The number of hydrogen-bond acceptors (Lipinski definition) is 13. The number of hydrogen-bond donors (Lipinski definition) is 3. The number of aliphatic hydroxyl groups is 3. The molecule has 6 unspecified atom stereocenters. The second-order valence-electron chi connectivity index (χ2n) is 15.8. The molecule has 1 fully saturated rings. The normalized spacial score (nSPS) is 23.0. The van der Waals surface area contributed by atoms with Gasteiger partial charge in [0.05, 0.1) is 43.0 Å². The Balaban J connectivity index is 1.54. The Morgan fingerprint density at radius 3 is 2.40 bits per heavy atom. The molecule has 0 spiro atoms. The Bertz CT molecular complexity index is 2090. The number of carbonyl (C=O) groups is 1. The predicted molar refractivity (Wildman–Crippen MR) is 242 cm³/mol. The molecular formula is C48H59N3O11S. The first kappa shape index (κ1) is 47.4. The van der Waals surface area contributed by atoms with Crippen molar-refractivity contribution in [3.8, 4) is 17.2 Å². The van der Waals surface area contributed by atoms with Gasteiger partial charge in [-0.1, -0.05) is 30.1 Å². The average molecular weight is 886 g/mol. The highest BCUT2D eigenvalue weighted by atomic mass is 32.2. The second-order valence-corrected chi connectivity index (χ2v) is 16.7. The number of thioether (sulfide) groups is 1. The summed E-state index contributed by atoms with van der Waals surface area (Å²) in [5, 5.41) is 45.3. The fraction of sp³-hybridized carbons (Fsp3) is 0.458. The maximum atomic E-state index is 14.7.